The lowest BCUT2D eigenvalue weighted by atomic mass is 10.2. The first kappa shape index (κ1) is 15.5. The van der Waals surface area contributed by atoms with Gasteiger partial charge in [0.25, 0.3) is 5.91 Å². The van der Waals surface area contributed by atoms with E-state index in [1.165, 1.54) is 6.07 Å². The van der Waals surface area contributed by atoms with Gasteiger partial charge in [-0.05, 0) is 24.6 Å². The summed E-state index contributed by atoms with van der Waals surface area (Å²) in [6.45, 7) is 1.60. The van der Waals surface area contributed by atoms with Crippen LogP contribution in [-0.4, -0.2) is 36.1 Å². The highest BCUT2D eigenvalue weighted by atomic mass is 35.5. The van der Waals surface area contributed by atoms with Crippen LogP contribution in [0.5, 0.6) is 0 Å². The van der Waals surface area contributed by atoms with E-state index in [0.717, 1.165) is 0 Å². The monoisotopic (exact) mass is 284 g/mol. The summed E-state index contributed by atoms with van der Waals surface area (Å²) in [5.41, 5.74) is 0.398. The lowest BCUT2D eigenvalue weighted by Gasteiger charge is -2.14. The highest BCUT2D eigenvalue weighted by Gasteiger charge is 2.11. The molecule has 0 radical (unpaired) electrons. The molecule has 0 saturated carbocycles. The zero-order chi connectivity index (χ0) is 14.3. The molecular formula is C13H17ClN2O3. The summed E-state index contributed by atoms with van der Waals surface area (Å²) in [7, 11) is 0. The zero-order valence-electron chi connectivity index (χ0n) is 10.6. The number of carbonyl (C=O) groups excluding carboxylic acids is 2. The van der Waals surface area contributed by atoms with Gasteiger partial charge < -0.3 is 15.7 Å². The Balaban J connectivity index is 2.44. The smallest absolute Gasteiger partial charge is 0.251 e. The number of halogens is 1. The fourth-order valence-corrected chi connectivity index (χ4v) is 1.64. The Morgan fingerprint density at radius 1 is 1.42 bits per heavy atom. The lowest BCUT2D eigenvalue weighted by Crippen LogP contribution is -2.43. The van der Waals surface area contributed by atoms with Gasteiger partial charge in [0.15, 0.2) is 0 Å². The highest BCUT2D eigenvalue weighted by Crippen LogP contribution is 2.10. The summed E-state index contributed by atoms with van der Waals surface area (Å²) in [4.78, 5) is 23.2. The second kappa shape index (κ2) is 7.76. The molecule has 0 aliphatic rings. The molecule has 1 unspecified atom stereocenters. The molecule has 0 heterocycles. The van der Waals surface area contributed by atoms with Gasteiger partial charge in [0.05, 0.1) is 19.2 Å². The van der Waals surface area contributed by atoms with Gasteiger partial charge in [-0.25, -0.2) is 0 Å². The average Bonchev–Trinajstić information content (AvgIpc) is 2.42. The fourth-order valence-electron chi connectivity index (χ4n) is 1.45. The van der Waals surface area contributed by atoms with E-state index in [1.54, 1.807) is 18.2 Å². The SMILES string of the molecule is CCC(CO)NC(=O)CNC(=O)c1cccc(Cl)c1. The minimum absolute atomic E-state index is 0.121. The number of rotatable bonds is 6. The van der Waals surface area contributed by atoms with E-state index in [2.05, 4.69) is 10.6 Å². The van der Waals surface area contributed by atoms with Crippen molar-refractivity contribution < 1.29 is 14.7 Å². The van der Waals surface area contributed by atoms with Crippen LogP contribution in [-0.2, 0) is 4.79 Å². The van der Waals surface area contributed by atoms with Crippen LogP contribution >= 0.6 is 11.6 Å². The van der Waals surface area contributed by atoms with E-state index < -0.39 is 0 Å². The molecule has 6 heteroatoms. The fraction of sp³-hybridized carbons (Fsp3) is 0.385. The number of amides is 2. The standard InChI is InChI=1S/C13H17ClN2O3/c1-2-11(8-17)16-12(18)7-15-13(19)9-4-3-5-10(14)6-9/h3-6,11,17H,2,7-8H2,1H3,(H,15,19)(H,16,18). The second-order valence-electron chi connectivity index (χ2n) is 4.05. The molecule has 0 bridgehead atoms. The zero-order valence-corrected chi connectivity index (χ0v) is 11.4. The van der Waals surface area contributed by atoms with Crippen LogP contribution in [0, 0.1) is 0 Å². The van der Waals surface area contributed by atoms with Gasteiger partial charge in [-0.3, -0.25) is 9.59 Å². The number of benzene rings is 1. The van der Waals surface area contributed by atoms with Crippen LogP contribution in [0.3, 0.4) is 0 Å². The van der Waals surface area contributed by atoms with Gasteiger partial charge in [0, 0.05) is 10.6 Å². The largest absolute Gasteiger partial charge is 0.394 e. The third-order valence-electron chi connectivity index (χ3n) is 2.57. The normalized spacial score (nSPS) is 11.7. The van der Waals surface area contributed by atoms with Crippen LogP contribution in [0.25, 0.3) is 0 Å². The van der Waals surface area contributed by atoms with Crippen molar-refractivity contribution in [2.45, 2.75) is 19.4 Å². The van der Waals surface area contributed by atoms with Gasteiger partial charge in [-0.2, -0.15) is 0 Å². The van der Waals surface area contributed by atoms with Crippen LogP contribution in [0.15, 0.2) is 24.3 Å². The van der Waals surface area contributed by atoms with Crippen LogP contribution < -0.4 is 10.6 Å². The topological polar surface area (TPSA) is 78.4 Å². The molecule has 0 fully saturated rings. The molecule has 1 aromatic rings. The molecule has 1 rings (SSSR count). The van der Waals surface area contributed by atoms with Gasteiger partial charge in [-0.15, -0.1) is 0 Å². The van der Waals surface area contributed by atoms with Gasteiger partial charge in [-0.1, -0.05) is 24.6 Å². The highest BCUT2D eigenvalue weighted by molar-refractivity contribution is 6.30. The van der Waals surface area contributed by atoms with Gasteiger partial charge in [0.2, 0.25) is 5.91 Å². The summed E-state index contributed by atoms with van der Waals surface area (Å²) in [5.74, 6) is -0.703. The molecule has 19 heavy (non-hydrogen) atoms. The molecule has 2 amide bonds. The molecule has 1 atom stereocenters. The van der Waals surface area contributed by atoms with E-state index in [1.807, 2.05) is 6.92 Å². The van der Waals surface area contributed by atoms with Crippen molar-refractivity contribution in [3.05, 3.63) is 34.9 Å². The number of nitrogens with one attached hydrogen (secondary N) is 2. The number of carbonyl (C=O) groups is 2. The molecule has 5 nitrogen and oxygen atoms in total. The maximum absolute atomic E-state index is 11.7. The molecule has 1 aromatic carbocycles. The first-order chi connectivity index (χ1) is 9.06. The molecule has 104 valence electrons. The van der Waals surface area contributed by atoms with Crippen LogP contribution in [0.2, 0.25) is 5.02 Å². The first-order valence-electron chi connectivity index (χ1n) is 6.00. The summed E-state index contributed by atoms with van der Waals surface area (Å²) >= 11 is 5.77. The van der Waals surface area contributed by atoms with Crippen molar-refractivity contribution in [1.82, 2.24) is 10.6 Å². The van der Waals surface area contributed by atoms with Crippen molar-refractivity contribution in [1.29, 1.82) is 0 Å². The van der Waals surface area contributed by atoms with Crippen molar-refractivity contribution in [3.63, 3.8) is 0 Å². The van der Waals surface area contributed by atoms with Gasteiger partial charge in [0.1, 0.15) is 0 Å². The average molecular weight is 285 g/mol. The maximum atomic E-state index is 11.7. The number of hydrogen-bond acceptors (Lipinski definition) is 3. The van der Waals surface area contributed by atoms with E-state index in [-0.39, 0.29) is 31.0 Å². The summed E-state index contributed by atoms with van der Waals surface area (Å²) < 4.78 is 0. The van der Waals surface area contributed by atoms with E-state index in [9.17, 15) is 9.59 Å². The summed E-state index contributed by atoms with van der Waals surface area (Å²) in [6.07, 6.45) is 0.629. The maximum Gasteiger partial charge on any atom is 0.251 e. The number of hydrogen-bond donors (Lipinski definition) is 3. The van der Waals surface area contributed by atoms with Crippen LogP contribution in [0.4, 0.5) is 0 Å². The third kappa shape index (κ3) is 5.28. The molecule has 3 N–H and O–H groups in total. The van der Waals surface area contributed by atoms with Crippen molar-refractivity contribution >= 4 is 23.4 Å². The predicted octanol–water partition coefficient (Wildman–Crippen LogP) is 0.957. The Morgan fingerprint density at radius 2 is 2.16 bits per heavy atom. The number of aliphatic hydroxyl groups excluding tert-OH is 1. The van der Waals surface area contributed by atoms with E-state index >= 15 is 0 Å². The number of aliphatic hydroxyl groups is 1. The molecule has 0 aliphatic heterocycles. The van der Waals surface area contributed by atoms with Gasteiger partial charge >= 0.3 is 0 Å². The Kier molecular flexibility index (Phi) is 6.32. The third-order valence-corrected chi connectivity index (χ3v) is 2.81. The minimum atomic E-state index is -0.366. The first-order valence-corrected chi connectivity index (χ1v) is 6.38. The van der Waals surface area contributed by atoms with E-state index in [0.29, 0.717) is 17.0 Å². The molecular weight excluding hydrogens is 268 g/mol. The summed E-state index contributed by atoms with van der Waals surface area (Å²) in [6, 6.07) is 6.18. The molecule has 0 spiro atoms. The van der Waals surface area contributed by atoms with E-state index in [4.69, 9.17) is 16.7 Å². The van der Waals surface area contributed by atoms with Crippen molar-refractivity contribution in [2.24, 2.45) is 0 Å². The Labute approximate surface area is 117 Å². The summed E-state index contributed by atoms with van der Waals surface area (Å²) in [5, 5.41) is 14.5. The minimum Gasteiger partial charge on any atom is -0.394 e. The molecule has 0 aromatic heterocycles. The Bertz CT molecular complexity index is 447. The Morgan fingerprint density at radius 3 is 2.74 bits per heavy atom. The quantitative estimate of drug-likeness (QED) is 0.728. The lowest BCUT2D eigenvalue weighted by molar-refractivity contribution is -0.121. The van der Waals surface area contributed by atoms with Crippen LogP contribution in [0.1, 0.15) is 23.7 Å². The second-order valence-corrected chi connectivity index (χ2v) is 4.48. The Hall–Kier alpha value is -1.59. The van der Waals surface area contributed by atoms with Crippen molar-refractivity contribution in [3.8, 4) is 0 Å². The molecule has 0 aliphatic carbocycles. The molecule has 0 saturated heterocycles. The predicted molar refractivity (Wildman–Crippen MR) is 73.1 cm³/mol. The van der Waals surface area contributed by atoms with Crippen molar-refractivity contribution in [2.75, 3.05) is 13.2 Å².